The fraction of sp³-hybridized carbons (Fsp3) is 0.432. The van der Waals surface area contributed by atoms with Crippen LogP contribution in [0.25, 0.3) is 32.9 Å². The molecule has 0 bridgehead atoms. The molecule has 0 aliphatic heterocycles. The average molecular weight is 744 g/mol. The maximum atomic E-state index is 12.2. The summed E-state index contributed by atoms with van der Waals surface area (Å²) in [4.78, 5) is 21.3. The number of para-hydroxylation sites is 1. The van der Waals surface area contributed by atoms with Gasteiger partial charge < -0.3 is 10.1 Å². The second-order valence-corrected chi connectivity index (χ2v) is 12.6. The van der Waals surface area contributed by atoms with Gasteiger partial charge in [0.1, 0.15) is 5.76 Å². The fourth-order valence-corrected chi connectivity index (χ4v) is 4.79. The number of pyridine rings is 2. The molecule has 0 aliphatic carbocycles. The summed E-state index contributed by atoms with van der Waals surface area (Å²) in [5.74, 6) is 0.286. The van der Waals surface area contributed by atoms with Crippen LogP contribution in [0.2, 0.25) is 0 Å². The molecule has 4 nitrogen and oxygen atoms in total. The van der Waals surface area contributed by atoms with E-state index in [9.17, 15) is 9.90 Å². The zero-order valence-corrected chi connectivity index (χ0v) is 29.2. The maximum Gasteiger partial charge on any atom is 0.164 e. The van der Waals surface area contributed by atoms with Gasteiger partial charge in [0.25, 0.3) is 0 Å². The average Bonchev–Trinajstić information content (AvgIpc) is 2.99. The topological polar surface area (TPSA) is 63.1 Å². The summed E-state index contributed by atoms with van der Waals surface area (Å²) >= 11 is 0. The Morgan fingerprint density at radius 3 is 2.10 bits per heavy atom. The summed E-state index contributed by atoms with van der Waals surface area (Å²) in [6.07, 6.45) is 8.48. The largest absolute Gasteiger partial charge is 0.512 e. The van der Waals surface area contributed by atoms with E-state index >= 15 is 0 Å². The number of carbonyl (C=O) groups excluding carboxylic acids is 1. The number of nitrogens with zero attached hydrogens (tertiary/aromatic N) is 2. The standard InChI is InChI=1S/C22H19N2.C15H28O2.Ir/c1-22(2,3)19-13-16(12-17-14-23-11-10-18(17)19)21-9-8-15-6-4-5-7-20(15)24-21;1-7-14(5,8-2)12(16)11-13(17)15(6,9-3)10-4;/h4-11,13-14H,1-3H3;11,16H,7-10H2,1-6H3;/q-1;;/b;12-11-;. The van der Waals surface area contributed by atoms with Crippen LogP contribution in [0.5, 0.6) is 0 Å². The quantitative estimate of drug-likeness (QED) is 0.111. The SMILES string of the molecule is CC(C)(C)c1cc(-c2ccc3ccccc3n2)[c-]c2cnccc12.CCC(C)(CC)C(=O)/C=C(\O)C(C)(CC)CC.[Ir]. The normalized spacial score (nSPS) is 12.5. The third-order valence-corrected chi connectivity index (χ3v) is 8.95. The fourth-order valence-electron chi connectivity index (χ4n) is 4.79. The van der Waals surface area contributed by atoms with Crippen molar-refractivity contribution < 1.29 is 30.0 Å². The summed E-state index contributed by atoms with van der Waals surface area (Å²) in [7, 11) is 0. The molecular formula is C37H47IrN2O2-. The zero-order chi connectivity index (χ0) is 30.4. The number of ketones is 1. The number of rotatable bonds is 8. The van der Waals surface area contributed by atoms with Gasteiger partial charge >= 0.3 is 0 Å². The summed E-state index contributed by atoms with van der Waals surface area (Å²) in [5, 5.41) is 13.5. The molecule has 0 fully saturated rings. The molecule has 0 spiro atoms. The van der Waals surface area contributed by atoms with Crippen LogP contribution >= 0.6 is 0 Å². The molecule has 0 unspecified atom stereocenters. The van der Waals surface area contributed by atoms with E-state index in [1.54, 1.807) is 0 Å². The molecule has 0 amide bonds. The van der Waals surface area contributed by atoms with E-state index in [0.29, 0.717) is 0 Å². The van der Waals surface area contributed by atoms with Crippen LogP contribution in [0.1, 0.15) is 93.6 Å². The van der Waals surface area contributed by atoms with E-state index in [1.807, 2.05) is 72.1 Å². The minimum absolute atomic E-state index is 0. The zero-order valence-electron chi connectivity index (χ0n) is 26.8. The predicted molar refractivity (Wildman–Crippen MR) is 173 cm³/mol. The van der Waals surface area contributed by atoms with E-state index in [-0.39, 0.29) is 47.9 Å². The van der Waals surface area contributed by atoms with Gasteiger partial charge in [-0.2, -0.15) is 0 Å². The molecule has 0 atom stereocenters. The number of aliphatic hydroxyl groups excluding tert-OH is 1. The van der Waals surface area contributed by atoms with E-state index < -0.39 is 0 Å². The number of aromatic nitrogens is 2. The van der Waals surface area contributed by atoms with Crippen LogP contribution in [0.4, 0.5) is 0 Å². The van der Waals surface area contributed by atoms with Crippen LogP contribution < -0.4 is 0 Å². The van der Waals surface area contributed by atoms with Crippen LogP contribution in [0, 0.1) is 16.9 Å². The van der Waals surface area contributed by atoms with Crippen molar-refractivity contribution in [3.8, 4) is 11.3 Å². The van der Waals surface area contributed by atoms with Crippen LogP contribution in [0.3, 0.4) is 0 Å². The van der Waals surface area contributed by atoms with Crippen molar-refractivity contribution in [3.63, 3.8) is 0 Å². The summed E-state index contributed by atoms with van der Waals surface area (Å²) in [6, 6.07) is 20.2. The van der Waals surface area contributed by atoms with Crippen molar-refractivity contribution in [2.24, 2.45) is 10.8 Å². The molecule has 4 aromatic rings. The van der Waals surface area contributed by atoms with Gasteiger partial charge in [-0.05, 0) is 48.7 Å². The van der Waals surface area contributed by atoms with Crippen LogP contribution in [-0.4, -0.2) is 20.9 Å². The minimum atomic E-state index is -0.337. The molecule has 0 aliphatic rings. The molecule has 2 aromatic carbocycles. The third-order valence-electron chi connectivity index (χ3n) is 8.95. The van der Waals surface area contributed by atoms with Gasteiger partial charge in [-0.25, -0.2) is 0 Å². The van der Waals surface area contributed by atoms with Gasteiger partial charge in [0, 0.05) is 48.9 Å². The van der Waals surface area contributed by atoms with E-state index in [0.717, 1.165) is 53.2 Å². The van der Waals surface area contributed by atoms with Gasteiger partial charge in [0.05, 0.1) is 5.52 Å². The van der Waals surface area contributed by atoms with E-state index in [1.165, 1.54) is 17.0 Å². The Kier molecular flexibility index (Phi) is 12.2. The van der Waals surface area contributed by atoms with Gasteiger partial charge in [0.15, 0.2) is 5.78 Å². The van der Waals surface area contributed by atoms with E-state index in [2.05, 4.69) is 62.2 Å². The second-order valence-electron chi connectivity index (χ2n) is 12.6. The summed E-state index contributed by atoms with van der Waals surface area (Å²) in [6.45, 7) is 18.8. The molecule has 5 heteroatoms. The van der Waals surface area contributed by atoms with Crippen molar-refractivity contribution in [3.05, 3.63) is 84.4 Å². The molecule has 4 rings (SSSR count). The molecule has 2 aromatic heterocycles. The number of benzene rings is 2. The Morgan fingerprint density at radius 1 is 0.881 bits per heavy atom. The van der Waals surface area contributed by atoms with Gasteiger partial charge in [-0.3, -0.25) is 9.78 Å². The molecule has 42 heavy (non-hydrogen) atoms. The van der Waals surface area contributed by atoms with E-state index in [4.69, 9.17) is 4.98 Å². The molecule has 0 saturated carbocycles. The van der Waals surface area contributed by atoms with Crippen molar-refractivity contribution >= 4 is 27.5 Å². The number of fused-ring (bicyclic) bond motifs is 2. The molecule has 1 radical (unpaired) electrons. The molecule has 0 saturated heterocycles. The second kappa shape index (κ2) is 14.5. The van der Waals surface area contributed by atoms with Crippen molar-refractivity contribution in [2.45, 2.75) is 93.4 Å². The minimum Gasteiger partial charge on any atom is -0.512 e. The predicted octanol–water partition coefficient (Wildman–Crippen LogP) is 10.2. The van der Waals surface area contributed by atoms with Gasteiger partial charge in [-0.15, -0.1) is 17.7 Å². The van der Waals surface area contributed by atoms with Gasteiger partial charge in [-0.1, -0.05) is 115 Å². The van der Waals surface area contributed by atoms with Crippen molar-refractivity contribution in [1.82, 2.24) is 9.97 Å². The number of allylic oxidation sites excluding steroid dienone is 2. The first-order valence-electron chi connectivity index (χ1n) is 14.9. The first-order chi connectivity index (χ1) is 19.3. The Bertz CT molecular complexity index is 1530. The molecule has 1 N–H and O–H groups in total. The first-order valence-corrected chi connectivity index (χ1v) is 14.9. The molecule has 227 valence electrons. The molecule has 2 heterocycles. The number of aliphatic hydroxyl groups is 1. The van der Waals surface area contributed by atoms with Crippen molar-refractivity contribution in [1.29, 1.82) is 0 Å². The van der Waals surface area contributed by atoms with Gasteiger partial charge in [0.2, 0.25) is 0 Å². The summed E-state index contributed by atoms with van der Waals surface area (Å²) < 4.78 is 0. The Hall–Kier alpha value is -2.88. The Morgan fingerprint density at radius 2 is 1.50 bits per heavy atom. The summed E-state index contributed by atoms with van der Waals surface area (Å²) in [5.41, 5.74) is 3.71. The maximum absolute atomic E-state index is 12.2. The van der Waals surface area contributed by atoms with Crippen LogP contribution in [-0.2, 0) is 30.3 Å². The van der Waals surface area contributed by atoms with Crippen LogP contribution in [0.15, 0.2) is 72.8 Å². The van der Waals surface area contributed by atoms with Crippen molar-refractivity contribution in [2.75, 3.05) is 0 Å². The first kappa shape index (κ1) is 35.3. The number of hydrogen-bond acceptors (Lipinski definition) is 4. The Labute approximate surface area is 266 Å². The Balaban J connectivity index is 0.000000307. The monoisotopic (exact) mass is 744 g/mol. The molecular weight excluding hydrogens is 697 g/mol. The number of hydrogen-bond donors (Lipinski definition) is 1. The third kappa shape index (κ3) is 7.94. The smallest absolute Gasteiger partial charge is 0.164 e. The number of carbonyl (C=O) groups is 1.